The summed E-state index contributed by atoms with van der Waals surface area (Å²) in [7, 11) is 0. The van der Waals surface area contributed by atoms with Gasteiger partial charge in [-0.25, -0.2) is 4.98 Å². The number of amides is 1. The first kappa shape index (κ1) is 14.0. The first-order valence-electron chi connectivity index (χ1n) is 5.63. The SMILES string of the molecule is CCSCCC(C)NC(=O)c1ccc(F)nc1. The molecule has 3 nitrogen and oxygen atoms in total. The zero-order valence-electron chi connectivity index (χ0n) is 10.1. The molecule has 0 saturated heterocycles. The van der Waals surface area contributed by atoms with Gasteiger partial charge in [0.05, 0.1) is 5.56 Å². The molecule has 0 radical (unpaired) electrons. The fourth-order valence-corrected chi connectivity index (χ4v) is 2.10. The molecule has 94 valence electrons. The van der Waals surface area contributed by atoms with Crippen molar-refractivity contribution in [2.45, 2.75) is 26.3 Å². The number of carbonyl (C=O) groups excluding carboxylic acids is 1. The first-order chi connectivity index (χ1) is 8.13. The molecule has 1 heterocycles. The Morgan fingerprint density at radius 3 is 2.94 bits per heavy atom. The van der Waals surface area contributed by atoms with E-state index in [1.54, 1.807) is 0 Å². The number of carbonyl (C=O) groups is 1. The summed E-state index contributed by atoms with van der Waals surface area (Å²) < 4.78 is 12.6. The number of rotatable bonds is 6. The maximum absolute atomic E-state index is 12.6. The van der Waals surface area contributed by atoms with Crippen LogP contribution in [-0.2, 0) is 0 Å². The second kappa shape index (κ2) is 7.27. The zero-order chi connectivity index (χ0) is 12.7. The standard InChI is InChI=1S/C12H17FN2OS/c1-3-17-7-6-9(2)15-12(16)10-4-5-11(13)14-8-10/h4-5,8-9H,3,6-7H2,1-2H3,(H,15,16). The molecule has 17 heavy (non-hydrogen) atoms. The van der Waals surface area contributed by atoms with Crippen LogP contribution in [0.25, 0.3) is 0 Å². The van der Waals surface area contributed by atoms with E-state index in [2.05, 4.69) is 17.2 Å². The summed E-state index contributed by atoms with van der Waals surface area (Å²) in [6.45, 7) is 4.07. The Balaban J connectivity index is 2.40. The molecule has 1 rings (SSSR count). The summed E-state index contributed by atoms with van der Waals surface area (Å²) in [6, 6.07) is 2.74. The number of nitrogens with zero attached hydrogens (tertiary/aromatic N) is 1. The molecule has 0 aliphatic carbocycles. The number of aromatic nitrogens is 1. The van der Waals surface area contributed by atoms with Gasteiger partial charge in [-0.1, -0.05) is 6.92 Å². The van der Waals surface area contributed by atoms with Gasteiger partial charge in [-0.2, -0.15) is 16.2 Å². The lowest BCUT2D eigenvalue weighted by atomic mass is 10.2. The van der Waals surface area contributed by atoms with Gasteiger partial charge in [-0.05, 0) is 37.0 Å². The van der Waals surface area contributed by atoms with E-state index in [-0.39, 0.29) is 11.9 Å². The Morgan fingerprint density at radius 2 is 2.35 bits per heavy atom. The topological polar surface area (TPSA) is 42.0 Å². The summed E-state index contributed by atoms with van der Waals surface area (Å²) in [5.41, 5.74) is 0.390. The largest absolute Gasteiger partial charge is 0.350 e. The predicted molar refractivity (Wildman–Crippen MR) is 68.7 cm³/mol. The molecule has 0 spiro atoms. The lowest BCUT2D eigenvalue weighted by Gasteiger charge is -2.13. The molecule has 0 bridgehead atoms. The molecule has 1 unspecified atom stereocenters. The van der Waals surface area contributed by atoms with Crippen LogP contribution in [0.15, 0.2) is 18.3 Å². The third-order valence-corrected chi connectivity index (χ3v) is 3.20. The Labute approximate surface area is 105 Å². The highest BCUT2D eigenvalue weighted by Crippen LogP contribution is 2.05. The van der Waals surface area contributed by atoms with Crippen molar-refractivity contribution in [3.05, 3.63) is 29.8 Å². The second-order valence-corrected chi connectivity index (χ2v) is 5.12. The minimum atomic E-state index is -0.575. The Bertz CT molecular complexity index is 356. The molecule has 5 heteroatoms. The van der Waals surface area contributed by atoms with Crippen LogP contribution in [0.4, 0.5) is 4.39 Å². The van der Waals surface area contributed by atoms with Crippen molar-refractivity contribution in [2.75, 3.05) is 11.5 Å². The Kier molecular flexibility index (Phi) is 5.97. The van der Waals surface area contributed by atoms with Gasteiger partial charge < -0.3 is 5.32 Å². The van der Waals surface area contributed by atoms with E-state index in [0.717, 1.165) is 17.9 Å². The fourth-order valence-electron chi connectivity index (χ4n) is 1.29. The van der Waals surface area contributed by atoms with Gasteiger partial charge in [0.2, 0.25) is 5.95 Å². The van der Waals surface area contributed by atoms with E-state index >= 15 is 0 Å². The Hall–Kier alpha value is -1.10. The molecule has 0 fully saturated rings. The van der Waals surface area contributed by atoms with E-state index in [9.17, 15) is 9.18 Å². The van der Waals surface area contributed by atoms with Gasteiger partial charge in [0.1, 0.15) is 0 Å². The van der Waals surface area contributed by atoms with E-state index in [1.807, 2.05) is 18.7 Å². The van der Waals surface area contributed by atoms with Crippen LogP contribution in [0.1, 0.15) is 30.6 Å². The summed E-state index contributed by atoms with van der Waals surface area (Å²) in [6.07, 6.45) is 2.18. The van der Waals surface area contributed by atoms with Gasteiger partial charge in [0.25, 0.3) is 5.91 Å². The molecular weight excluding hydrogens is 239 g/mol. The maximum Gasteiger partial charge on any atom is 0.253 e. The van der Waals surface area contributed by atoms with Gasteiger partial charge in [0, 0.05) is 12.2 Å². The van der Waals surface area contributed by atoms with Gasteiger partial charge in [-0.3, -0.25) is 4.79 Å². The average Bonchev–Trinajstić information content (AvgIpc) is 2.30. The minimum absolute atomic E-state index is 0.117. The lowest BCUT2D eigenvalue weighted by molar-refractivity contribution is 0.0939. The van der Waals surface area contributed by atoms with Gasteiger partial charge in [-0.15, -0.1) is 0 Å². The number of hydrogen-bond acceptors (Lipinski definition) is 3. The van der Waals surface area contributed by atoms with Crippen LogP contribution in [0.2, 0.25) is 0 Å². The van der Waals surface area contributed by atoms with E-state index in [0.29, 0.717) is 5.56 Å². The lowest BCUT2D eigenvalue weighted by Crippen LogP contribution is -2.33. The highest BCUT2D eigenvalue weighted by molar-refractivity contribution is 7.99. The third-order valence-electron chi connectivity index (χ3n) is 2.27. The smallest absolute Gasteiger partial charge is 0.253 e. The van der Waals surface area contributed by atoms with Crippen molar-refractivity contribution >= 4 is 17.7 Å². The van der Waals surface area contributed by atoms with Crippen LogP contribution >= 0.6 is 11.8 Å². The molecule has 1 aromatic heterocycles. The van der Waals surface area contributed by atoms with Gasteiger partial charge in [0.15, 0.2) is 0 Å². The predicted octanol–water partition coefficient (Wildman–Crippen LogP) is 2.48. The molecule has 1 atom stereocenters. The summed E-state index contributed by atoms with van der Waals surface area (Å²) in [4.78, 5) is 15.2. The van der Waals surface area contributed by atoms with Crippen LogP contribution in [0, 0.1) is 5.95 Å². The fraction of sp³-hybridized carbons (Fsp3) is 0.500. The highest BCUT2D eigenvalue weighted by atomic mass is 32.2. The van der Waals surface area contributed by atoms with E-state index in [1.165, 1.54) is 18.3 Å². The minimum Gasteiger partial charge on any atom is -0.350 e. The van der Waals surface area contributed by atoms with Crippen LogP contribution in [0.3, 0.4) is 0 Å². The normalized spacial score (nSPS) is 12.2. The molecule has 1 aromatic rings. The number of halogens is 1. The third kappa shape index (κ3) is 5.17. The molecule has 1 amide bonds. The number of nitrogens with one attached hydrogen (secondary N) is 1. The van der Waals surface area contributed by atoms with Crippen LogP contribution < -0.4 is 5.32 Å². The Morgan fingerprint density at radius 1 is 1.59 bits per heavy atom. The maximum atomic E-state index is 12.6. The first-order valence-corrected chi connectivity index (χ1v) is 6.79. The monoisotopic (exact) mass is 256 g/mol. The van der Waals surface area contributed by atoms with Crippen molar-refractivity contribution in [2.24, 2.45) is 0 Å². The summed E-state index contributed by atoms with van der Waals surface area (Å²) >= 11 is 1.85. The quantitative estimate of drug-likeness (QED) is 0.628. The van der Waals surface area contributed by atoms with Crippen molar-refractivity contribution < 1.29 is 9.18 Å². The van der Waals surface area contributed by atoms with Crippen molar-refractivity contribution in [3.8, 4) is 0 Å². The van der Waals surface area contributed by atoms with Crippen molar-refractivity contribution in [3.63, 3.8) is 0 Å². The number of hydrogen-bond donors (Lipinski definition) is 1. The zero-order valence-corrected chi connectivity index (χ0v) is 10.9. The molecule has 0 saturated carbocycles. The average molecular weight is 256 g/mol. The highest BCUT2D eigenvalue weighted by Gasteiger charge is 2.09. The van der Waals surface area contributed by atoms with Crippen molar-refractivity contribution in [1.29, 1.82) is 0 Å². The second-order valence-electron chi connectivity index (χ2n) is 3.73. The number of thioether (sulfide) groups is 1. The van der Waals surface area contributed by atoms with Crippen LogP contribution in [0.5, 0.6) is 0 Å². The summed E-state index contributed by atoms with van der Waals surface area (Å²) in [5.74, 6) is 1.34. The van der Waals surface area contributed by atoms with E-state index < -0.39 is 5.95 Å². The van der Waals surface area contributed by atoms with Gasteiger partial charge >= 0.3 is 0 Å². The van der Waals surface area contributed by atoms with E-state index in [4.69, 9.17) is 0 Å². The summed E-state index contributed by atoms with van der Waals surface area (Å²) in [5, 5.41) is 2.86. The molecular formula is C12H17FN2OS. The molecule has 0 aliphatic rings. The van der Waals surface area contributed by atoms with Crippen molar-refractivity contribution in [1.82, 2.24) is 10.3 Å². The molecule has 1 N–H and O–H groups in total. The molecule has 0 aliphatic heterocycles. The van der Waals surface area contributed by atoms with Crippen LogP contribution in [-0.4, -0.2) is 28.4 Å². The number of pyridine rings is 1. The molecule has 0 aromatic carbocycles.